The Labute approximate surface area is 207 Å². The van der Waals surface area contributed by atoms with Crippen LogP contribution >= 0.6 is 0 Å². The number of hydrogen-bond donors (Lipinski definition) is 1. The van der Waals surface area contributed by atoms with Crippen LogP contribution < -0.4 is 10.2 Å². The predicted molar refractivity (Wildman–Crippen MR) is 141 cm³/mol. The second-order valence-electron chi connectivity index (χ2n) is 10.5. The number of aliphatic hydroxyl groups is 1. The van der Waals surface area contributed by atoms with Gasteiger partial charge in [-0.1, -0.05) is 84.3 Å². The van der Waals surface area contributed by atoms with Crippen LogP contribution in [0.15, 0.2) is 91.0 Å². The maximum atomic E-state index is 10.6. The second kappa shape index (κ2) is 7.58. The summed E-state index contributed by atoms with van der Waals surface area (Å²) in [6.45, 7) is 7.34. The third kappa shape index (κ3) is 3.13. The van der Waals surface area contributed by atoms with Crippen molar-refractivity contribution in [2.45, 2.75) is 44.3 Å². The molecule has 2 aliphatic rings. The zero-order chi connectivity index (χ0) is 24.4. The fourth-order valence-corrected chi connectivity index (χ4v) is 5.30. The Balaban J connectivity index is 1.59. The van der Waals surface area contributed by atoms with Gasteiger partial charge < -0.3 is 14.5 Å². The van der Waals surface area contributed by atoms with Crippen LogP contribution in [0.3, 0.4) is 0 Å². The van der Waals surface area contributed by atoms with Crippen molar-refractivity contribution in [1.29, 1.82) is 0 Å². The molecule has 1 radical (unpaired) electrons. The lowest BCUT2D eigenvalue weighted by Crippen LogP contribution is -2.49. The summed E-state index contributed by atoms with van der Waals surface area (Å²) in [4.78, 5) is 0. The first-order chi connectivity index (χ1) is 16.7. The molecular formula is C31H28BO3. The van der Waals surface area contributed by atoms with E-state index in [0.29, 0.717) is 0 Å². The van der Waals surface area contributed by atoms with Gasteiger partial charge in [-0.2, -0.15) is 0 Å². The molecule has 35 heavy (non-hydrogen) atoms. The standard InChI is InChI=1S/C31H28BO3/c1-29(2,33)30(3,4)35-32-20-17-18-22-21-11-5-6-12-23(21)31(26(22)19-20)24-13-7-9-15-27(24)34-28-16-10-8-14-25(28)31/h5-19,33H,1-4H3. The largest absolute Gasteiger partial charge is 0.457 e. The van der Waals surface area contributed by atoms with Crippen LogP contribution in [-0.2, 0) is 10.1 Å². The summed E-state index contributed by atoms with van der Waals surface area (Å²) in [5.41, 5.74) is 5.92. The van der Waals surface area contributed by atoms with Crippen molar-refractivity contribution in [3.05, 3.63) is 113 Å². The van der Waals surface area contributed by atoms with Crippen LogP contribution in [0.4, 0.5) is 0 Å². The Hall–Kier alpha value is -3.34. The van der Waals surface area contributed by atoms with Crippen molar-refractivity contribution in [1.82, 2.24) is 0 Å². The molecule has 0 saturated heterocycles. The molecular weight excluding hydrogens is 431 g/mol. The van der Waals surface area contributed by atoms with Gasteiger partial charge in [0.2, 0.25) is 0 Å². The van der Waals surface area contributed by atoms with E-state index < -0.39 is 16.6 Å². The first kappa shape index (κ1) is 22.1. The maximum Gasteiger partial charge on any atom is 0.330 e. The molecule has 0 bridgehead atoms. The summed E-state index contributed by atoms with van der Waals surface area (Å²) in [5, 5.41) is 10.6. The van der Waals surface area contributed by atoms with Crippen molar-refractivity contribution >= 4 is 12.9 Å². The first-order valence-electron chi connectivity index (χ1n) is 12.1. The molecule has 1 spiro atoms. The van der Waals surface area contributed by atoms with Gasteiger partial charge in [-0.15, -0.1) is 0 Å². The van der Waals surface area contributed by atoms with Crippen molar-refractivity contribution in [3.63, 3.8) is 0 Å². The molecule has 3 nitrogen and oxygen atoms in total. The number of para-hydroxylation sites is 2. The number of hydrogen-bond acceptors (Lipinski definition) is 3. The van der Waals surface area contributed by atoms with Crippen molar-refractivity contribution < 1.29 is 14.5 Å². The third-order valence-electron chi connectivity index (χ3n) is 7.83. The SMILES string of the molecule is CC(C)(O)C(C)(C)O[B]c1ccc2c(c1)C1(c3ccccc3Oc3ccccc31)c1ccccc1-2. The summed E-state index contributed by atoms with van der Waals surface area (Å²) in [6.07, 6.45) is 0. The zero-order valence-corrected chi connectivity index (χ0v) is 20.5. The van der Waals surface area contributed by atoms with E-state index in [9.17, 15) is 5.11 Å². The molecule has 0 fully saturated rings. The highest BCUT2D eigenvalue weighted by atomic mass is 16.5. The van der Waals surface area contributed by atoms with Crippen molar-refractivity contribution in [3.8, 4) is 22.6 Å². The van der Waals surface area contributed by atoms with Crippen LogP contribution in [-0.4, -0.2) is 23.8 Å². The quantitative estimate of drug-likeness (QED) is 0.331. The molecule has 0 unspecified atom stereocenters. The summed E-state index contributed by atoms with van der Waals surface area (Å²) in [5.74, 6) is 1.75. The van der Waals surface area contributed by atoms with Crippen LogP contribution in [0, 0.1) is 0 Å². The third-order valence-corrected chi connectivity index (χ3v) is 7.83. The molecule has 0 atom stereocenters. The molecule has 4 aromatic rings. The minimum Gasteiger partial charge on any atom is -0.457 e. The van der Waals surface area contributed by atoms with Crippen LogP contribution in [0.1, 0.15) is 49.9 Å². The van der Waals surface area contributed by atoms with Crippen LogP contribution in [0.2, 0.25) is 0 Å². The van der Waals surface area contributed by atoms with E-state index in [-0.39, 0.29) is 0 Å². The molecule has 1 N–H and O–H groups in total. The molecule has 0 aromatic heterocycles. The lowest BCUT2D eigenvalue weighted by Gasteiger charge is -2.39. The maximum absolute atomic E-state index is 10.6. The molecule has 1 heterocycles. The lowest BCUT2D eigenvalue weighted by atomic mass is 9.65. The monoisotopic (exact) mass is 459 g/mol. The summed E-state index contributed by atoms with van der Waals surface area (Å²) in [6, 6.07) is 31.9. The molecule has 0 amide bonds. The smallest absolute Gasteiger partial charge is 0.330 e. The van der Waals surface area contributed by atoms with Gasteiger partial charge in [0.25, 0.3) is 0 Å². The Morgan fingerprint density at radius 3 is 1.86 bits per heavy atom. The minimum atomic E-state index is -0.990. The van der Waals surface area contributed by atoms with Gasteiger partial charge in [-0.25, -0.2) is 0 Å². The van der Waals surface area contributed by atoms with E-state index >= 15 is 0 Å². The number of benzene rings is 4. The fraction of sp³-hybridized carbons (Fsp3) is 0.226. The molecule has 1 aliphatic heterocycles. The fourth-order valence-electron chi connectivity index (χ4n) is 5.30. The van der Waals surface area contributed by atoms with Crippen LogP contribution in [0.25, 0.3) is 11.1 Å². The summed E-state index contributed by atoms with van der Waals surface area (Å²) in [7, 11) is 1.77. The van der Waals surface area contributed by atoms with Crippen molar-refractivity contribution in [2.75, 3.05) is 0 Å². The normalized spacial score (nSPS) is 15.0. The Bertz CT molecular complexity index is 1400. The summed E-state index contributed by atoms with van der Waals surface area (Å²) < 4.78 is 12.5. The topological polar surface area (TPSA) is 38.7 Å². The lowest BCUT2D eigenvalue weighted by molar-refractivity contribution is -0.0893. The molecule has 4 heteroatoms. The first-order valence-corrected chi connectivity index (χ1v) is 12.1. The highest BCUT2D eigenvalue weighted by Crippen LogP contribution is 2.61. The Kier molecular flexibility index (Phi) is 4.80. The van der Waals surface area contributed by atoms with E-state index in [2.05, 4.69) is 78.9 Å². The van der Waals surface area contributed by atoms with Gasteiger partial charge in [-0.3, -0.25) is 0 Å². The van der Waals surface area contributed by atoms with Crippen LogP contribution in [0.5, 0.6) is 11.5 Å². The van der Waals surface area contributed by atoms with E-state index in [1.165, 1.54) is 22.3 Å². The average molecular weight is 459 g/mol. The molecule has 6 rings (SSSR count). The number of fused-ring (bicyclic) bond motifs is 9. The highest BCUT2D eigenvalue weighted by molar-refractivity contribution is 6.47. The number of rotatable bonds is 4. The molecule has 1 aliphatic carbocycles. The van der Waals surface area contributed by atoms with E-state index in [4.69, 9.17) is 9.39 Å². The minimum absolute atomic E-state index is 0.493. The van der Waals surface area contributed by atoms with Gasteiger partial charge in [0.1, 0.15) is 11.5 Å². The Morgan fingerprint density at radius 1 is 0.686 bits per heavy atom. The average Bonchev–Trinajstić information content (AvgIpc) is 3.13. The van der Waals surface area contributed by atoms with Gasteiger partial charge in [0.15, 0.2) is 0 Å². The second-order valence-corrected chi connectivity index (χ2v) is 10.5. The molecule has 173 valence electrons. The highest BCUT2D eigenvalue weighted by Gasteiger charge is 2.51. The Morgan fingerprint density at radius 2 is 1.23 bits per heavy atom. The van der Waals surface area contributed by atoms with Gasteiger partial charge in [0, 0.05) is 11.1 Å². The predicted octanol–water partition coefficient (Wildman–Crippen LogP) is 5.97. The van der Waals surface area contributed by atoms with Gasteiger partial charge in [0.05, 0.1) is 16.6 Å². The number of ether oxygens (including phenoxy) is 1. The van der Waals surface area contributed by atoms with E-state index in [0.717, 1.165) is 28.1 Å². The molecule has 0 saturated carbocycles. The summed E-state index contributed by atoms with van der Waals surface area (Å²) >= 11 is 0. The van der Waals surface area contributed by atoms with Gasteiger partial charge in [-0.05, 0) is 62.1 Å². The van der Waals surface area contributed by atoms with Crippen molar-refractivity contribution in [2.24, 2.45) is 0 Å². The van der Waals surface area contributed by atoms with E-state index in [1.54, 1.807) is 21.3 Å². The van der Waals surface area contributed by atoms with Gasteiger partial charge >= 0.3 is 7.48 Å². The zero-order valence-electron chi connectivity index (χ0n) is 20.5. The molecule has 4 aromatic carbocycles. The van der Waals surface area contributed by atoms with E-state index in [1.807, 2.05) is 26.0 Å².